The van der Waals surface area contributed by atoms with Gasteiger partial charge in [-0.05, 0) is 36.0 Å². The van der Waals surface area contributed by atoms with Crippen LogP contribution in [-0.4, -0.2) is 14.5 Å². The normalized spacial score (nSPS) is 16.4. The first-order valence-electron chi connectivity index (χ1n) is 4.95. The molecule has 0 aromatic carbocycles. The Morgan fingerprint density at radius 3 is 3.07 bits per heavy atom. The van der Waals surface area contributed by atoms with E-state index in [0.717, 1.165) is 11.2 Å². The van der Waals surface area contributed by atoms with Crippen molar-refractivity contribution in [3.8, 4) is 0 Å². The minimum atomic E-state index is 0.120. The third-order valence-corrected chi connectivity index (χ3v) is 2.84. The Hall–Kier alpha value is -1.35. The molecule has 2 heterocycles. The number of hydrogen-bond donors (Lipinski definition) is 1. The number of aliphatic hydroxyl groups excluding tert-OH is 1. The van der Waals surface area contributed by atoms with Gasteiger partial charge in [-0.15, -0.1) is 0 Å². The van der Waals surface area contributed by atoms with Crippen LogP contribution in [0.25, 0.3) is 5.65 Å². The topological polar surface area (TPSA) is 37.5 Å². The summed E-state index contributed by atoms with van der Waals surface area (Å²) in [5, 5.41) is 9.26. The molecule has 0 atom stereocenters. The van der Waals surface area contributed by atoms with Gasteiger partial charge in [0.05, 0.1) is 6.61 Å². The minimum absolute atomic E-state index is 0.120. The number of aliphatic hydroxyl groups is 1. The van der Waals surface area contributed by atoms with Gasteiger partial charge in [0.15, 0.2) is 0 Å². The fourth-order valence-corrected chi connectivity index (χ4v) is 1.92. The Morgan fingerprint density at radius 2 is 2.36 bits per heavy atom. The second-order valence-corrected chi connectivity index (χ2v) is 3.88. The molecule has 0 aliphatic heterocycles. The van der Waals surface area contributed by atoms with Crippen LogP contribution in [-0.2, 0) is 6.61 Å². The van der Waals surface area contributed by atoms with E-state index in [1.165, 1.54) is 18.4 Å². The molecule has 0 amide bonds. The molecule has 2 aromatic rings. The molecule has 0 spiro atoms. The Balaban J connectivity index is 2.23. The minimum Gasteiger partial charge on any atom is -0.392 e. The lowest BCUT2D eigenvalue weighted by atomic mass is 10.1. The first kappa shape index (κ1) is 8.00. The molecule has 0 bridgehead atoms. The molecule has 14 heavy (non-hydrogen) atoms. The van der Waals surface area contributed by atoms with Crippen molar-refractivity contribution in [3.05, 3.63) is 35.8 Å². The lowest BCUT2D eigenvalue weighted by Crippen LogP contribution is -1.96. The lowest BCUT2D eigenvalue weighted by molar-refractivity contribution is 0.280. The first-order chi connectivity index (χ1) is 6.88. The summed E-state index contributed by atoms with van der Waals surface area (Å²) in [5.41, 5.74) is 3.24. The second-order valence-electron chi connectivity index (χ2n) is 3.88. The molecule has 2 aromatic heterocycles. The zero-order valence-corrected chi connectivity index (χ0v) is 7.85. The number of rotatable bonds is 2. The third kappa shape index (κ3) is 1.13. The highest BCUT2D eigenvalue weighted by molar-refractivity contribution is 5.46. The predicted molar refractivity (Wildman–Crippen MR) is 53.1 cm³/mol. The van der Waals surface area contributed by atoms with Gasteiger partial charge in [-0.1, -0.05) is 0 Å². The van der Waals surface area contributed by atoms with Gasteiger partial charge >= 0.3 is 0 Å². The van der Waals surface area contributed by atoms with Gasteiger partial charge in [0, 0.05) is 18.6 Å². The Kier molecular flexibility index (Phi) is 1.61. The van der Waals surface area contributed by atoms with Crippen LogP contribution in [0, 0.1) is 0 Å². The molecule has 1 saturated carbocycles. The number of imidazole rings is 1. The van der Waals surface area contributed by atoms with Crippen molar-refractivity contribution in [2.75, 3.05) is 0 Å². The van der Waals surface area contributed by atoms with Crippen LogP contribution < -0.4 is 0 Å². The molecule has 0 saturated heterocycles. The van der Waals surface area contributed by atoms with Gasteiger partial charge in [-0.2, -0.15) is 0 Å². The Bertz CT molecular complexity index is 471. The summed E-state index contributed by atoms with van der Waals surface area (Å²) in [6.07, 6.45) is 8.35. The Labute approximate surface area is 82.0 Å². The second kappa shape index (κ2) is 2.82. The molecule has 3 rings (SSSR count). The van der Waals surface area contributed by atoms with Crippen LogP contribution in [0.3, 0.4) is 0 Å². The average molecular weight is 188 g/mol. The van der Waals surface area contributed by atoms with Crippen LogP contribution >= 0.6 is 0 Å². The van der Waals surface area contributed by atoms with Crippen molar-refractivity contribution in [3.63, 3.8) is 0 Å². The van der Waals surface area contributed by atoms with Crippen molar-refractivity contribution in [1.82, 2.24) is 9.38 Å². The van der Waals surface area contributed by atoms with Gasteiger partial charge in [0.2, 0.25) is 0 Å². The van der Waals surface area contributed by atoms with Crippen molar-refractivity contribution >= 4 is 5.65 Å². The fraction of sp³-hybridized carbons (Fsp3) is 0.364. The molecule has 1 fully saturated rings. The number of fused-ring (bicyclic) bond motifs is 1. The molecule has 1 N–H and O–H groups in total. The summed E-state index contributed by atoms with van der Waals surface area (Å²) in [6.45, 7) is 0.120. The molecular weight excluding hydrogens is 176 g/mol. The summed E-state index contributed by atoms with van der Waals surface area (Å²) in [4.78, 5) is 4.20. The molecule has 72 valence electrons. The zero-order valence-electron chi connectivity index (χ0n) is 7.85. The van der Waals surface area contributed by atoms with Crippen molar-refractivity contribution in [1.29, 1.82) is 0 Å². The van der Waals surface area contributed by atoms with Gasteiger partial charge in [0.25, 0.3) is 0 Å². The molecule has 1 aliphatic rings. The van der Waals surface area contributed by atoms with Crippen LogP contribution in [0.1, 0.15) is 29.9 Å². The quantitative estimate of drug-likeness (QED) is 0.779. The smallest absolute Gasteiger partial charge is 0.137 e. The van der Waals surface area contributed by atoms with Crippen molar-refractivity contribution in [2.24, 2.45) is 0 Å². The van der Waals surface area contributed by atoms with Crippen LogP contribution in [0.2, 0.25) is 0 Å². The first-order valence-corrected chi connectivity index (χ1v) is 4.95. The van der Waals surface area contributed by atoms with Gasteiger partial charge < -0.3 is 9.51 Å². The van der Waals surface area contributed by atoms with Crippen molar-refractivity contribution in [2.45, 2.75) is 25.4 Å². The monoisotopic (exact) mass is 188 g/mol. The molecule has 1 aliphatic carbocycles. The maximum Gasteiger partial charge on any atom is 0.137 e. The number of nitrogens with zero attached hydrogens (tertiary/aromatic N) is 2. The average Bonchev–Trinajstić information content (AvgIpc) is 2.95. The summed E-state index contributed by atoms with van der Waals surface area (Å²) in [7, 11) is 0. The highest BCUT2D eigenvalue weighted by Gasteiger charge is 2.26. The molecule has 3 nitrogen and oxygen atoms in total. The lowest BCUT2D eigenvalue weighted by Gasteiger charge is -2.06. The van der Waals surface area contributed by atoms with Gasteiger partial charge in [-0.3, -0.25) is 0 Å². The van der Waals surface area contributed by atoms with Crippen molar-refractivity contribution < 1.29 is 5.11 Å². The SMILES string of the molecule is OCc1cc2nccn2cc1C1CC1. The highest BCUT2D eigenvalue weighted by atomic mass is 16.3. The summed E-state index contributed by atoms with van der Waals surface area (Å²) in [5.74, 6) is 0.670. The highest BCUT2D eigenvalue weighted by Crippen LogP contribution is 2.41. The van der Waals surface area contributed by atoms with E-state index in [4.69, 9.17) is 0 Å². The third-order valence-electron chi connectivity index (χ3n) is 2.84. The Morgan fingerprint density at radius 1 is 1.50 bits per heavy atom. The summed E-state index contributed by atoms with van der Waals surface area (Å²) in [6, 6.07) is 1.98. The van der Waals surface area contributed by atoms with E-state index in [2.05, 4.69) is 11.2 Å². The van der Waals surface area contributed by atoms with E-state index in [1.807, 2.05) is 16.7 Å². The van der Waals surface area contributed by atoms with Crippen LogP contribution in [0.4, 0.5) is 0 Å². The summed E-state index contributed by atoms with van der Waals surface area (Å²) < 4.78 is 2.02. The summed E-state index contributed by atoms with van der Waals surface area (Å²) >= 11 is 0. The van der Waals surface area contributed by atoms with E-state index >= 15 is 0 Å². The van der Waals surface area contributed by atoms with E-state index in [-0.39, 0.29) is 6.61 Å². The zero-order chi connectivity index (χ0) is 9.54. The van der Waals surface area contributed by atoms with Gasteiger partial charge in [0.1, 0.15) is 5.65 Å². The van der Waals surface area contributed by atoms with E-state index in [1.54, 1.807) is 6.20 Å². The van der Waals surface area contributed by atoms with E-state index in [0.29, 0.717) is 5.92 Å². The molecule has 0 radical (unpaired) electrons. The maximum atomic E-state index is 9.26. The van der Waals surface area contributed by atoms with Gasteiger partial charge in [-0.25, -0.2) is 4.98 Å². The predicted octanol–water partition coefficient (Wildman–Crippen LogP) is 1.70. The number of hydrogen-bond acceptors (Lipinski definition) is 2. The molecule has 0 unspecified atom stereocenters. The maximum absolute atomic E-state index is 9.26. The molecule has 3 heteroatoms. The van der Waals surface area contributed by atoms with Crippen LogP contribution in [0.15, 0.2) is 24.7 Å². The number of pyridine rings is 1. The number of aromatic nitrogens is 2. The van der Waals surface area contributed by atoms with Crippen LogP contribution in [0.5, 0.6) is 0 Å². The fourth-order valence-electron chi connectivity index (χ4n) is 1.92. The standard InChI is InChI=1S/C11H12N2O/c14-7-9-5-11-12-3-4-13(11)6-10(9)8-1-2-8/h3-6,8,14H,1-2,7H2. The largest absolute Gasteiger partial charge is 0.392 e. The molecular formula is C11H12N2O. The van der Waals surface area contributed by atoms with E-state index in [9.17, 15) is 5.11 Å². The van der Waals surface area contributed by atoms with E-state index < -0.39 is 0 Å².